The summed E-state index contributed by atoms with van der Waals surface area (Å²) in [7, 11) is 1.51. The van der Waals surface area contributed by atoms with E-state index >= 15 is 0 Å². The van der Waals surface area contributed by atoms with Crippen molar-refractivity contribution in [1.82, 2.24) is 0 Å². The number of hydrogen-bond donors (Lipinski definition) is 2. The van der Waals surface area contributed by atoms with Crippen molar-refractivity contribution in [3.05, 3.63) is 88.5 Å². The van der Waals surface area contributed by atoms with E-state index in [0.717, 1.165) is 5.56 Å². The lowest BCUT2D eigenvalue weighted by molar-refractivity contribution is -0.118. The number of amides is 2. The van der Waals surface area contributed by atoms with E-state index in [1.807, 2.05) is 19.1 Å². The number of anilines is 2. The molecule has 34 heavy (non-hydrogen) atoms. The molecule has 0 aliphatic carbocycles. The van der Waals surface area contributed by atoms with Gasteiger partial charge in [0.2, 0.25) is 0 Å². The van der Waals surface area contributed by atoms with E-state index in [0.29, 0.717) is 27.7 Å². The Labute approximate surface area is 202 Å². The zero-order chi connectivity index (χ0) is 24.5. The van der Waals surface area contributed by atoms with E-state index in [2.05, 4.69) is 10.6 Å². The molecule has 0 atom stereocenters. The highest BCUT2D eigenvalue weighted by Crippen LogP contribution is 2.26. The summed E-state index contributed by atoms with van der Waals surface area (Å²) in [5.74, 6) is -0.181. The molecule has 0 radical (unpaired) electrons. The predicted molar refractivity (Wildman–Crippen MR) is 132 cm³/mol. The lowest BCUT2D eigenvalue weighted by Gasteiger charge is -2.12. The van der Waals surface area contributed by atoms with Gasteiger partial charge in [-0.2, -0.15) is 5.26 Å². The molecular formula is C26H22ClN3O4. The summed E-state index contributed by atoms with van der Waals surface area (Å²) < 4.78 is 10.9. The fourth-order valence-electron chi connectivity index (χ4n) is 3.07. The summed E-state index contributed by atoms with van der Waals surface area (Å²) in [6, 6.07) is 20.8. The van der Waals surface area contributed by atoms with E-state index < -0.39 is 11.8 Å². The number of hydrogen-bond acceptors (Lipinski definition) is 5. The average molecular weight is 476 g/mol. The van der Waals surface area contributed by atoms with Crippen molar-refractivity contribution in [2.24, 2.45) is 0 Å². The van der Waals surface area contributed by atoms with Crippen LogP contribution in [0.5, 0.6) is 11.5 Å². The minimum atomic E-state index is -0.576. The van der Waals surface area contributed by atoms with Gasteiger partial charge in [0.15, 0.2) is 6.61 Å². The molecule has 0 aromatic heterocycles. The molecule has 0 saturated carbocycles. The molecule has 2 N–H and O–H groups in total. The van der Waals surface area contributed by atoms with Crippen LogP contribution in [-0.2, 0) is 9.59 Å². The van der Waals surface area contributed by atoms with Crippen molar-refractivity contribution in [2.45, 2.75) is 6.92 Å². The first-order valence-electron chi connectivity index (χ1n) is 10.2. The molecule has 8 heteroatoms. The van der Waals surface area contributed by atoms with Gasteiger partial charge in [0.1, 0.15) is 23.1 Å². The van der Waals surface area contributed by atoms with E-state index in [1.54, 1.807) is 60.7 Å². The third kappa shape index (κ3) is 6.61. The highest BCUT2D eigenvalue weighted by molar-refractivity contribution is 6.30. The monoisotopic (exact) mass is 475 g/mol. The van der Waals surface area contributed by atoms with E-state index in [4.69, 9.17) is 21.1 Å². The van der Waals surface area contributed by atoms with Gasteiger partial charge >= 0.3 is 0 Å². The number of methoxy groups -OCH3 is 1. The Hall–Kier alpha value is -4.28. The maximum atomic E-state index is 12.6. The number of benzene rings is 3. The van der Waals surface area contributed by atoms with Crippen LogP contribution in [0.15, 0.2) is 72.3 Å². The third-order valence-electron chi connectivity index (χ3n) is 4.65. The summed E-state index contributed by atoms with van der Waals surface area (Å²) >= 11 is 6.11. The third-order valence-corrected chi connectivity index (χ3v) is 4.89. The number of carbonyl (C=O) groups is 2. The molecule has 0 aliphatic heterocycles. The average Bonchev–Trinajstić information content (AvgIpc) is 2.82. The SMILES string of the molecule is COc1ccccc1NC(=O)COc1ccc(Cl)cc1/C=C(\C#N)C(=O)Nc1cccc(C)c1. The van der Waals surface area contributed by atoms with Gasteiger partial charge in [0, 0.05) is 16.3 Å². The van der Waals surface area contributed by atoms with Crippen LogP contribution in [0.25, 0.3) is 6.08 Å². The summed E-state index contributed by atoms with van der Waals surface area (Å²) in [4.78, 5) is 25.0. The van der Waals surface area contributed by atoms with Crippen molar-refractivity contribution in [2.75, 3.05) is 24.4 Å². The largest absolute Gasteiger partial charge is 0.495 e. The minimum absolute atomic E-state index is 0.146. The predicted octanol–water partition coefficient (Wildman–Crippen LogP) is 5.22. The first-order chi connectivity index (χ1) is 16.4. The van der Waals surface area contributed by atoms with Gasteiger partial charge in [-0.1, -0.05) is 35.9 Å². The van der Waals surface area contributed by atoms with Crippen molar-refractivity contribution in [3.8, 4) is 17.6 Å². The Morgan fingerprint density at radius 3 is 2.56 bits per heavy atom. The van der Waals surface area contributed by atoms with E-state index in [1.165, 1.54) is 13.2 Å². The van der Waals surface area contributed by atoms with Crippen molar-refractivity contribution in [3.63, 3.8) is 0 Å². The summed E-state index contributed by atoms with van der Waals surface area (Å²) in [6.45, 7) is 1.59. The van der Waals surface area contributed by atoms with Crippen LogP contribution < -0.4 is 20.1 Å². The summed E-state index contributed by atoms with van der Waals surface area (Å²) in [5, 5.41) is 15.4. The molecule has 0 spiro atoms. The number of carbonyl (C=O) groups excluding carboxylic acids is 2. The smallest absolute Gasteiger partial charge is 0.266 e. The zero-order valence-corrected chi connectivity index (χ0v) is 19.3. The molecule has 3 aromatic rings. The van der Waals surface area contributed by atoms with Crippen LogP contribution in [-0.4, -0.2) is 25.5 Å². The maximum absolute atomic E-state index is 12.6. The topological polar surface area (TPSA) is 100 Å². The molecule has 172 valence electrons. The first-order valence-corrected chi connectivity index (χ1v) is 10.6. The molecule has 0 aliphatic rings. The van der Waals surface area contributed by atoms with Crippen LogP contribution in [0.4, 0.5) is 11.4 Å². The Morgan fingerprint density at radius 1 is 1.03 bits per heavy atom. The normalized spacial score (nSPS) is 10.7. The highest BCUT2D eigenvalue weighted by atomic mass is 35.5. The number of rotatable bonds is 8. The number of nitrogens with zero attached hydrogens (tertiary/aromatic N) is 1. The Bertz CT molecular complexity index is 1280. The molecule has 0 fully saturated rings. The second-order valence-electron chi connectivity index (χ2n) is 7.21. The van der Waals surface area contributed by atoms with E-state index in [-0.39, 0.29) is 17.9 Å². The fourth-order valence-corrected chi connectivity index (χ4v) is 3.25. The molecule has 0 heterocycles. The molecule has 0 unspecified atom stereocenters. The number of nitrogens with one attached hydrogen (secondary N) is 2. The van der Waals surface area contributed by atoms with Crippen LogP contribution in [0.3, 0.4) is 0 Å². The molecule has 3 rings (SSSR count). The zero-order valence-electron chi connectivity index (χ0n) is 18.6. The second-order valence-corrected chi connectivity index (χ2v) is 7.65. The lowest BCUT2D eigenvalue weighted by atomic mass is 10.1. The number of nitriles is 1. The van der Waals surface area contributed by atoms with Crippen LogP contribution in [0, 0.1) is 18.3 Å². The summed E-state index contributed by atoms with van der Waals surface area (Å²) in [5.41, 5.74) is 2.29. The van der Waals surface area contributed by atoms with Crippen molar-refractivity contribution in [1.29, 1.82) is 5.26 Å². The van der Waals surface area contributed by atoms with Gasteiger partial charge < -0.3 is 20.1 Å². The molecule has 7 nitrogen and oxygen atoms in total. The minimum Gasteiger partial charge on any atom is -0.495 e. The van der Waals surface area contributed by atoms with Crippen molar-refractivity contribution >= 4 is 40.9 Å². The highest BCUT2D eigenvalue weighted by Gasteiger charge is 2.14. The van der Waals surface area contributed by atoms with E-state index in [9.17, 15) is 14.9 Å². The van der Waals surface area contributed by atoms with Gasteiger partial charge in [-0.15, -0.1) is 0 Å². The number of para-hydroxylation sites is 2. The first kappa shape index (κ1) is 24.4. The Balaban J connectivity index is 1.75. The Kier molecular flexibility index (Phi) is 8.27. The van der Waals surface area contributed by atoms with Gasteiger partial charge in [0.05, 0.1) is 12.8 Å². The number of ether oxygens (including phenoxy) is 2. The second kappa shape index (κ2) is 11.5. The van der Waals surface area contributed by atoms with Crippen LogP contribution >= 0.6 is 11.6 Å². The molecule has 2 amide bonds. The molecular weight excluding hydrogens is 454 g/mol. The molecule has 0 bridgehead atoms. The van der Waals surface area contributed by atoms with Gasteiger partial charge in [-0.05, 0) is 61.0 Å². The number of halogens is 1. The standard InChI is InChI=1S/C26H22ClN3O4/c1-17-6-5-7-21(12-17)29-26(32)19(15-28)13-18-14-20(27)10-11-23(18)34-16-25(31)30-22-8-3-4-9-24(22)33-2/h3-14H,16H2,1-2H3,(H,29,32)(H,30,31)/b19-13+. The number of aryl methyl sites for hydroxylation is 1. The van der Waals surface area contributed by atoms with Crippen molar-refractivity contribution < 1.29 is 19.1 Å². The maximum Gasteiger partial charge on any atom is 0.266 e. The summed E-state index contributed by atoms with van der Waals surface area (Å²) in [6.07, 6.45) is 1.37. The van der Waals surface area contributed by atoms with Gasteiger partial charge in [-0.25, -0.2) is 0 Å². The molecule has 0 saturated heterocycles. The molecule has 3 aromatic carbocycles. The Morgan fingerprint density at radius 2 is 1.82 bits per heavy atom. The quantitative estimate of drug-likeness (QED) is 0.343. The van der Waals surface area contributed by atoms with Gasteiger partial charge in [-0.3, -0.25) is 9.59 Å². The fraction of sp³-hybridized carbons (Fsp3) is 0.115. The van der Waals surface area contributed by atoms with Crippen LogP contribution in [0.2, 0.25) is 5.02 Å². The van der Waals surface area contributed by atoms with Crippen LogP contribution in [0.1, 0.15) is 11.1 Å². The van der Waals surface area contributed by atoms with Gasteiger partial charge in [0.25, 0.3) is 11.8 Å². The lowest BCUT2D eigenvalue weighted by Crippen LogP contribution is -2.20.